The molecule has 2 unspecified atom stereocenters. The summed E-state index contributed by atoms with van der Waals surface area (Å²) >= 11 is 0. The first kappa shape index (κ1) is 20.7. The molecule has 1 aliphatic carbocycles. The Kier molecular flexibility index (Phi) is 12.6. The number of carbonyl (C=O) groups excluding carboxylic acids is 1. The van der Waals surface area contributed by atoms with Crippen LogP contribution >= 0.6 is 0 Å². The third-order valence-electron chi connectivity index (χ3n) is 5.30. The van der Waals surface area contributed by atoms with Gasteiger partial charge in [0.1, 0.15) is 5.78 Å². The SMILES string of the molecule is CCCCCCCCCCCCCCCC1CC(=O)CC(O)C1. The number of ketones is 1. The van der Waals surface area contributed by atoms with Gasteiger partial charge in [-0.2, -0.15) is 0 Å². The normalized spacial score (nSPS) is 21.7. The molecule has 0 spiro atoms. The Morgan fingerprint density at radius 3 is 1.74 bits per heavy atom. The van der Waals surface area contributed by atoms with Crippen LogP contribution < -0.4 is 0 Å². The van der Waals surface area contributed by atoms with Crippen LogP contribution in [0.2, 0.25) is 0 Å². The van der Waals surface area contributed by atoms with E-state index in [4.69, 9.17) is 0 Å². The summed E-state index contributed by atoms with van der Waals surface area (Å²) in [7, 11) is 0. The fourth-order valence-electron chi connectivity index (χ4n) is 3.89. The molecule has 2 heteroatoms. The Bertz CT molecular complexity index is 288. The minimum Gasteiger partial charge on any atom is -0.393 e. The third kappa shape index (κ3) is 11.8. The summed E-state index contributed by atoms with van der Waals surface area (Å²) in [6.45, 7) is 2.28. The molecule has 23 heavy (non-hydrogen) atoms. The molecule has 0 heterocycles. The predicted octanol–water partition coefficient (Wildman–Crippen LogP) is 6.20. The largest absolute Gasteiger partial charge is 0.393 e. The van der Waals surface area contributed by atoms with Crippen molar-refractivity contribution in [2.45, 2.75) is 122 Å². The number of hydrogen-bond donors (Lipinski definition) is 1. The van der Waals surface area contributed by atoms with Crippen molar-refractivity contribution in [2.24, 2.45) is 5.92 Å². The molecule has 0 bridgehead atoms. The minimum absolute atomic E-state index is 0.267. The monoisotopic (exact) mass is 324 g/mol. The third-order valence-corrected chi connectivity index (χ3v) is 5.30. The van der Waals surface area contributed by atoms with Gasteiger partial charge in [-0.3, -0.25) is 4.79 Å². The number of aliphatic hydroxyl groups excluding tert-OH is 1. The lowest BCUT2D eigenvalue weighted by Gasteiger charge is -2.24. The van der Waals surface area contributed by atoms with E-state index >= 15 is 0 Å². The smallest absolute Gasteiger partial charge is 0.135 e. The van der Waals surface area contributed by atoms with E-state index in [-0.39, 0.29) is 11.9 Å². The van der Waals surface area contributed by atoms with E-state index in [1.54, 1.807) is 0 Å². The highest BCUT2D eigenvalue weighted by molar-refractivity contribution is 5.79. The molecule has 0 aromatic heterocycles. The van der Waals surface area contributed by atoms with E-state index in [0.717, 1.165) is 19.3 Å². The molecule has 1 N–H and O–H groups in total. The molecule has 0 aromatic carbocycles. The van der Waals surface area contributed by atoms with Crippen molar-refractivity contribution in [3.63, 3.8) is 0 Å². The molecule has 1 saturated carbocycles. The van der Waals surface area contributed by atoms with Gasteiger partial charge in [-0.15, -0.1) is 0 Å². The van der Waals surface area contributed by atoms with E-state index < -0.39 is 0 Å². The molecule has 1 rings (SSSR count). The fraction of sp³-hybridized carbons (Fsp3) is 0.952. The maximum atomic E-state index is 11.5. The van der Waals surface area contributed by atoms with Crippen LogP contribution in [-0.4, -0.2) is 17.0 Å². The van der Waals surface area contributed by atoms with Gasteiger partial charge in [0.25, 0.3) is 0 Å². The van der Waals surface area contributed by atoms with Gasteiger partial charge < -0.3 is 5.11 Å². The molecule has 0 radical (unpaired) electrons. The van der Waals surface area contributed by atoms with Gasteiger partial charge in [0.15, 0.2) is 0 Å². The zero-order chi connectivity index (χ0) is 16.8. The second kappa shape index (κ2) is 14.0. The number of rotatable bonds is 14. The predicted molar refractivity (Wildman–Crippen MR) is 98.7 cm³/mol. The van der Waals surface area contributed by atoms with Gasteiger partial charge in [0, 0.05) is 12.8 Å². The van der Waals surface area contributed by atoms with Crippen LogP contribution in [0.3, 0.4) is 0 Å². The summed E-state index contributed by atoms with van der Waals surface area (Å²) in [6.07, 6.45) is 20.7. The van der Waals surface area contributed by atoms with Crippen molar-refractivity contribution in [1.82, 2.24) is 0 Å². The van der Waals surface area contributed by atoms with E-state index in [1.807, 2.05) is 0 Å². The molecule has 2 atom stereocenters. The Morgan fingerprint density at radius 1 is 0.783 bits per heavy atom. The fourth-order valence-corrected chi connectivity index (χ4v) is 3.89. The molecule has 1 aliphatic rings. The van der Waals surface area contributed by atoms with Crippen LogP contribution in [0.1, 0.15) is 116 Å². The van der Waals surface area contributed by atoms with E-state index in [1.165, 1.54) is 83.5 Å². The molecule has 2 nitrogen and oxygen atoms in total. The van der Waals surface area contributed by atoms with Crippen molar-refractivity contribution >= 4 is 5.78 Å². The van der Waals surface area contributed by atoms with Gasteiger partial charge in [0.05, 0.1) is 6.10 Å². The Balaban J connectivity index is 1.79. The summed E-state index contributed by atoms with van der Waals surface area (Å²) in [6, 6.07) is 0. The first-order valence-electron chi connectivity index (χ1n) is 10.4. The van der Waals surface area contributed by atoms with Crippen LogP contribution in [0.5, 0.6) is 0 Å². The number of Topliss-reactive ketones (excluding diaryl/α,β-unsaturated/α-hetero) is 1. The summed E-state index contributed by atoms with van der Waals surface area (Å²) in [5.41, 5.74) is 0. The van der Waals surface area contributed by atoms with Crippen molar-refractivity contribution in [2.75, 3.05) is 0 Å². The van der Waals surface area contributed by atoms with Gasteiger partial charge >= 0.3 is 0 Å². The molecular weight excluding hydrogens is 284 g/mol. The Labute approximate surface area is 144 Å². The zero-order valence-electron chi connectivity index (χ0n) is 15.5. The van der Waals surface area contributed by atoms with Crippen LogP contribution in [0, 0.1) is 5.92 Å². The minimum atomic E-state index is -0.358. The van der Waals surface area contributed by atoms with Crippen molar-refractivity contribution in [3.05, 3.63) is 0 Å². The van der Waals surface area contributed by atoms with Gasteiger partial charge in [0.2, 0.25) is 0 Å². The molecule has 0 saturated heterocycles. The molecule has 0 aliphatic heterocycles. The second-order valence-corrected chi connectivity index (χ2v) is 7.73. The summed E-state index contributed by atoms with van der Waals surface area (Å²) in [4.78, 5) is 11.5. The Hall–Kier alpha value is -0.370. The summed E-state index contributed by atoms with van der Waals surface area (Å²) in [5.74, 6) is 0.724. The topological polar surface area (TPSA) is 37.3 Å². The van der Waals surface area contributed by atoms with Crippen LogP contribution in [0.25, 0.3) is 0 Å². The maximum absolute atomic E-state index is 11.5. The molecular formula is C21H40O2. The lowest BCUT2D eigenvalue weighted by molar-refractivity contribution is -0.124. The highest BCUT2D eigenvalue weighted by Crippen LogP contribution is 2.26. The lowest BCUT2D eigenvalue weighted by Crippen LogP contribution is -2.26. The number of aliphatic hydroxyl groups is 1. The van der Waals surface area contributed by atoms with Crippen molar-refractivity contribution in [1.29, 1.82) is 0 Å². The van der Waals surface area contributed by atoms with Crippen LogP contribution in [0.15, 0.2) is 0 Å². The standard InChI is InChI=1S/C21H40O2/c1-2-3-4-5-6-7-8-9-10-11-12-13-14-15-19-16-20(22)18-21(23)17-19/h19-20,22H,2-18H2,1H3. The molecule has 0 aromatic rings. The maximum Gasteiger partial charge on any atom is 0.135 e. The van der Waals surface area contributed by atoms with Crippen molar-refractivity contribution in [3.8, 4) is 0 Å². The second-order valence-electron chi connectivity index (χ2n) is 7.73. The summed E-state index contributed by atoms with van der Waals surface area (Å²) in [5, 5.41) is 9.63. The first-order chi connectivity index (χ1) is 11.2. The molecule has 1 fully saturated rings. The first-order valence-corrected chi connectivity index (χ1v) is 10.4. The van der Waals surface area contributed by atoms with E-state index in [2.05, 4.69) is 6.92 Å². The highest BCUT2D eigenvalue weighted by Gasteiger charge is 2.25. The van der Waals surface area contributed by atoms with E-state index in [0.29, 0.717) is 12.3 Å². The van der Waals surface area contributed by atoms with Crippen LogP contribution in [0.4, 0.5) is 0 Å². The lowest BCUT2D eigenvalue weighted by atomic mass is 9.83. The average Bonchev–Trinajstić information content (AvgIpc) is 2.51. The van der Waals surface area contributed by atoms with Gasteiger partial charge in [-0.05, 0) is 18.8 Å². The number of unbranched alkanes of at least 4 members (excludes halogenated alkanes) is 12. The molecule has 0 amide bonds. The van der Waals surface area contributed by atoms with Crippen LogP contribution in [-0.2, 0) is 4.79 Å². The van der Waals surface area contributed by atoms with Crippen molar-refractivity contribution < 1.29 is 9.90 Å². The van der Waals surface area contributed by atoms with Gasteiger partial charge in [-0.1, -0.05) is 90.4 Å². The molecule has 136 valence electrons. The number of carbonyl (C=O) groups is 1. The average molecular weight is 325 g/mol. The Morgan fingerprint density at radius 2 is 1.26 bits per heavy atom. The van der Waals surface area contributed by atoms with E-state index in [9.17, 15) is 9.90 Å². The summed E-state index contributed by atoms with van der Waals surface area (Å²) < 4.78 is 0. The number of hydrogen-bond acceptors (Lipinski definition) is 2. The highest BCUT2D eigenvalue weighted by atomic mass is 16.3. The quantitative estimate of drug-likeness (QED) is 0.386. The zero-order valence-corrected chi connectivity index (χ0v) is 15.5. The van der Waals surface area contributed by atoms with Gasteiger partial charge in [-0.25, -0.2) is 0 Å².